The van der Waals surface area contributed by atoms with Crippen LogP contribution in [0.15, 0.2) is 29.0 Å². The van der Waals surface area contributed by atoms with Gasteiger partial charge in [0.25, 0.3) is 0 Å². The minimum absolute atomic E-state index is 0.682. The van der Waals surface area contributed by atoms with E-state index in [0.29, 0.717) is 5.02 Å². The van der Waals surface area contributed by atoms with E-state index in [1.807, 2.05) is 6.07 Å². The Bertz CT molecular complexity index is 355. The summed E-state index contributed by atoms with van der Waals surface area (Å²) in [4.78, 5) is 0. The average molecular weight is 154 g/mol. The van der Waals surface area contributed by atoms with Gasteiger partial charge in [-0.05, 0) is 18.2 Å². The molecule has 2 rings (SSSR count). The van der Waals surface area contributed by atoms with Crippen molar-refractivity contribution in [3.63, 3.8) is 0 Å². The van der Waals surface area contributed by atoms with Gasteiger partial charge in [-0.2, -0.15) is 0 Å². The van der Waals surface area contributed by atoms with Crippen LogP contribution in [0.25, 0.3) is 10.9 Å². The number of nitrogens with zero attached hydrogens (tertiary/aromatic N) is 1. The molecule has 0 N–H and O–H groups in total. The summed E-state index contributed by atoms with van der Waals surface area (Å²) < 4.78 is 4.71. The molecule has 0 saturated carbocycles. The van der Waals surface area contributed by atoms with Crippen LogP contribution < -0.4 is 0 Å². The van der Waals surface area contributed by atoms with E-state index in [9.17, 15) is 0 Å². The highest BCUT2D eigenvalue weighted by Gasteiger charge is 1.96. The first kappa shape index (κ1) is 5.74. The maximum atomic E-state index is 5.69. The molecular weight excluding hydrogens is 150 g/mol. The molecule has 1 heterocycles. The Morgan fingerprint density at radius 2 is 2.30 bits per heavy atom. The van der Waals surface area contributed by atoms with E-state index < -0.39 is 0 Å². The summed E-state index contributed by atoms with van der Waals surface area (Å²) in [5.74, 6) is 0. The number of halogens is 1. The summed E-state index contributed by atoms with van der Waals surface area (Å²) in [6.45, 7) is 0. The van der Waals surface area contributed by atoms with Gasteiger partial charge in [-0.15, -0.1) is 0 Å². The predicted molar refractivity (Wildman–Crippen MR) is 39.0 cm³/mol. The molecule has 0 atom stereocenters. The Balaban J connectivity index is 2.86. The zero-order chi connectivity index (χ0) is 6.97. The van der Waals surface area contributed by atoms with Gasteiger partial charge in [0.15, 0.2) is 0 Å². The van der Waals surface area contributed by atoms with Crippen LogP contribution in [0.2, 0.25) is 5.02 Å². The normalized spacial score (nSPS) is 10.5. The first-order valence-electron chi connectivity index (χ1n) is 2.86. The molecule has 0 spiro atoms. The SMILES string of the molecule is Clc1ccc2conc2c1. The van der Waals surface area contributed by atoms with Crippen molar-refractivity contribution in [1.29, 1.82) is 0 Å². The van der Waals surface area contributed by atoms with Gasteiger partial charge in [-0.3, -0.25) is 0 Å². The third-order valence-corrected chi connectivity index (χ3v) is 1.56. The summed E-state index contributed by atoms with van der Waals surface area (Å²) in [6, 6.07) is 5.44. The van der Waals surface area contributed by atoms with E-state index in [2.05, 4.69) is 5.16 Å². The molecule has 0 bridgehead atoms. The zero-order valence-corrected chi connectivity index (χ0v) is 5.80. The molecule has 2 nitrogen and oxygen atoms in total. The second-order valence-corrected chi connectivity index (χ2v) is 2.45. The van der Waals surface area contributed by atoms with Crippen molar-refractivity contribution in [3.05, 3.63) is 29.5 Å². The molecule has 0 aliphatic heterocycles. The monoisotopic (exact) mass is 153 g/mol. The van der Waals surface area contributed by atoms with Gasteiger partial charge in [0.05, 0.1) is 0 Å². The quantitative estimate of drug-likeness (QED) is 0.581. The Morgan fingerprint density at radius 3 is 3.20 bits per heavy atom. The minimum Gasteiger partial charge on any atom is -0.364 e. The average Bonchev–Trinajstić information content (AvgIpc) is 2.33. The Morgan fingerprint density at radius 1 is 1.40 bits per heavy atom. The van der Waals surface area contributed by atoms with Crippen LogP contribution in [0, 0.1) is 0 Å². The van der Waals surface area contributed by atoms with Gasteiger partial charge >= 0.3 is 0 Å². The van der Waals surface area contributed by atoms with E-state index in [-0.39, 0.29) is 0 Å². The van der Waals surface area contributed by atoms with Gasteiger partial charge in [0.2, 0.25) is 0 Å². The fourth-order valence-electron chi connectivity index (χ4n) is 0.835. The summed E-state index contributed by atoms with van der Waals surface area (Å²) in [7, 11) is 0. The standard InChI is InChI=1S/C7H4ClNO/c8-6-2-1-5-4-10-9-7(5)3-6/h1-4H. The summed E-state index contributed by atoms with van der Waals surface area (Å²) in [6.07, 6.45) is 1.59. The summed E-state index contributed by atoms with van der Waals surface area (Å²) in [5.41, 5.74) is 0.799. The second kappa shape index (κ2) is 1.99. The fourth-order valence-corrected chi connectivity index (χ4v) is 1.00. The smallest absolute Gasteiger partial charge is 0.131 e. The first-order chi connectivity index (χ1) is 4.86. The van der Waals surface area contributed by atoms with Crippen LogP contribution >= 0.6 is 11.6 Å². The molecule has 0 aliphatic rings. The van der Waals surface area contributed by atoms with E-state index in [1.54, 1.807) is 18.4 Å². The van der Waals surface area contributed by atoms with Crippen LogP contribution in [0.4, 0.5) is 0 Å². The van der Waals surface area contributed by atoms with E-state index >= 15 is 0 Å². The molecule has 0 radical (unpaired) electrons. The first-order valence-corrected chi connectivity index (χ1v) is 3.24. The molecule has 3 heteroatoms. The van der Waals surface area contributed by atoms with Crippen molar-refractivity contribution in [2.75, 3.05) is 0 Å². The number of hydrogen-bond acceptors (Lipinski definition) is 2. The highest BCUT2D eigenvalue weighted by Crippen LogP contribution is 2.16. The molecule has 10 heavy (non-hydrogen) atoms. The Labute approximate surface area is 62.4 Å². The predicted octanol–water partition coefficient (Wildman–Crippen LogP) is 2.48. The van der Waals surface area contributed by atoms with Gasteiger partial charge < -0.3 is 4.52 Å². The van der Waals surface area contributed by atoms with E-state index in [1.165, 1.54) is 0 Å². The lowest BCUT2D eigenvalue weighted by Crippen LogP contribution is -1.65. The van der Waals surface area contributed by atoms with Crippen molar-refractivity contribution in [2.24, 2.45) is 0 Å². The van der Waals surface area contributed by atoms with Gasteiger partial charge in [-0.1, -0.05) is 16.8 Å². The van der Waals surface area contributed by atoms with Crippen LogP contribution in [-0.4, -0.2) is 5.16 Å². The van der Waals surface area contributed by atoms with E-state index in [0.717, 1.165) is 10.9 Å². The number of hydrogen-bond donors (Lipinski definition) is 0. The molecule has 50 valence electrons. The highest BCUT2D eigenvalue weighted by atomic mass is 35.5. The molecular formula is C7H4ClNO. The zero-order valence-electron chi connectivity index (χ0n) is 5.04. The Kier molecular flexibility index (Phi) is 1.14. The van der Waals surface area contributed by atoms with Crippen molar-refractivity contribution >= 4 is 22.5 Å². The van der Waals surface area contributed by atoms with Gasteiger partial charge in [0.1, 0.15) is 11.8 Å². The topological polar surface area (TPSA) is 26.0 Å². The third-order valence-electron chi connectivity index (χ3n) is 1.32. The number of rotatable bonds is 0. The summed E-state index contributed by atoms with van der Waals surface area (Å²) in [5, 5.41) is 5.38. The lowest BCUT2D eigenvalue weighted by molar-refractivity contribution is 0.428. The van der Waals surface area contributed by atoms with Crippen LogP contribution in [0.5, 0.6) is 0 Å². The van der Waals surface area contributed by atoms with Crippen LogP contribution in [-0.2, 0) is 0 Å². The maximum absolute atomic E-state index is 5.69. The van der Waals surface area contributed by atoms with Crippen molar-refractivity contribution in [3.8, 4) is 0 Å². The van der Waals surface area contributed by atoms with Crippen molar-refractivity contribution in [2.45, 2.75) is 0 Å². The fraction of sp³-hybridized carbons (Fsp3) is 0. The summed E-state index contributed by atoms with van der Waals surface area (Å²) >= 11 is 5.69. The second-order valence-electron chi connectivity index (χ2n) is 2.02. The lowest BCUT2D eigenvalue weighted by Gasteiger charge is -1.85. The number of fused-ring (bicyclic) bond motifs is 1. The third kappa shape index (κ3) is 0.772. The molecule has 0 amide bonds. The van der Waals surface area contributed by atoms with Crippen molar-refractivity contribution < 1.29 is 4.52 Å². The molecule has 0 saturated heterocycles. The molecule has 2 aromatic rings. The molecule has 0 aliphatic carbocycles. The largest absolute Gasteiger partial charge is 0.364 e. The molecule has 0 fully saturated rings. The number of benzene rings is 1. The number of aromatic nitrogens is 1. The maximum Gasteiger partial charge on any atom is 0.131 e. The highest BCUT2D eigenvalue weighted by molar-refractivity contribution is 6.31. The van der Waals surface area contributed by atoms with E-state index in [4.69, 9.17) is 16.1 Å². The van der Waals surface area contributed by atoms with Crippen molar-refractivity contribution in [1.82, 2.24) is 5.16 Å². The van der Waals surface area contributed by atoms with Crippen LogP contribution in [0.3, 0.4) is 0 Å². The lowest BCUT2D eigenvalue weighted by atomic mass is 10.3. The van der Waals surface area contributed by atoms with Crippen LogP contribution in [0.1, 0.15) is 0 Å². The minimum atomic E-state index is 0.682. The molecule has 1 aromatic heterocycles. The Hall–Kier alpha value is -1.02. The molecule has 1 aromatic carbocycles. The molecule has 0 unspecified atom stereocenters. The van der Waals surface area contributed by atoms with Gasteiger partial charge in [-0.25, -0.2) is 0 Å². The van der Waals surface area contributed by atoms with Gasteiger partial charge in [0, 0.05) is 10.4 Å².